The molecule has 15 nitrogen and oxygen atoms in total. The number of urea groups is 1. The quantitative estimate of drug-likeness (QED) is 0.0397. The third-order valence-electron chi connectivity index (χ3n) is 13.3. The van der Waals surface area contributed by atoms with Gasteiger partial charge >= 0.3 is 12.2 Å². The van der Waals surface area contributed by atoms with Crippen LogP contribution in [0.3, 0.4) is 0 Å². The molecule has 0 bridgehead atoms. The van der Waals surface area contributed by atoms with Crippen LogP contribution in [-0.4, -0.2) is 101 Å². The summed E-state index contributed by atoms with van der Waals surface area (Å²) < 4.78 is 97.5. The molecule has 2 heterocycles. The smallest absolute Gasteiger partial charge is 0.416 e. The molecule has 0 aromatic heterocycles. The standard InChI is InChI=1S/C56H75F3N4O11/c1-6-8-9-10-11-12-13-14-18-48(64)62-49-47(36-69-32-37-19-25-42(66-3)26-20-37)70-35-45(60)51(49)74-54-50(63-55(65)61-41-17-15-16-40(31-41)56(57,58)59)53(72-34-39-23-29-44(68-5)30-24-39)52(46(7-2)73-54)71-33-38-21-27-43(67-4)28-22-38/h15-17,19-31,45-47,49-54H,6-14,18,32-36,60H2,1-5H3,(H,62,64)(H2,61,63,65)/t45?,46?,47?,49-,50?,51+,52-,53+,54-/m0/s1. The molecule has 3 amide bonds. The van der Waals surface area contributed by atoms with Crippen LogP contribution in [0, 0.1) is 0 Å². The van der Waals surface area contributed by atoms with Crippen LogP contribution >= 0.6 is 0 Å². The normalized spacial score (nSPS) is 22.9. The van der Waals surface area contributed by atoms with Crippen molar-refractivity contribution in [2.75, 3.05) is 39.9 Å². The van der Waals surface area contributed by atoms with E-state index in [0.717, 1.165) is 48.1 Å². The van der Waals surface area contributed by atoms with E-state index < -0.39 is 72.7 Å². The number of nitrogens with one attached hydrogen (secondary N) is 3. The third kappa shape index (κ3) is 17.6. The number of nitrogens with two attached hydrogens (primary N) is 1. The van der Waals surface area contributed by atoms with Gasteiger partial charge in [-0.05, 0) is 84.1 Å². The van der Waals surface area contributed by atoms with Crippen molar-refractivity contribution in [3.63, 3.8) is 0 Å². The van der Waals surface area contributed by atoms with Gasteiger partial charge in [0.25, 0.3) is 0 Å². The van der Waals surface area contributed by atoms with Crippen molar-refractivity contribution in [3.8, 4) is 17.2 Å². The molecule has 6 rings (SSSR count). The Balaban J connectivity index is 1.32. The molecule has 0 aliphatic carbocycles. The van der Waals surface area contributed by atoms with Crippen molar-refractivity contribution in [1.82, 2.24) is 10.6 Å². The Labute approximate surface area is 433 Å². The first kappa shape index (κ1) is 57.8. The molecule has 2 aliphatic rings. The van der Waals surface area contributed by atoms with Gasteiger partial charge in [-0.3, -0.25) is 4.79 Å². The zero-order valence-electron chi connectivity index (χ0n) is 43.2. The zero-order chi connectivity index (χ0) is 52.9. The predicted octanol–water partition coefficient (Wildman–Crippen LogP) is 9.87. The first-order chi connectivity index (χ1) is 35.8. The number of alkyl halides is 3. The first-order valence-electron chi connectivity index (χ1n) is 25.7. The van der Waals surface area contributed by atoms with Gasteiger partial charge in [0.15, 0.2) is 6.29 Å². The maximum Gasteiger partial charge on any atom is 0.416 e. The molecule has 2 fully saturated rings. The average Bonchev–Trinajstić information content (AvgIpc) is 3.40. The average molecular weight is 1040 g/mol. The van der Waals surface area contributed by atoms with E-state index in [1.54, 1.807) is 33.5 Å². The Hall–Kier alpha value is -5.47. The highest BCUT2D eigenvalue weighted by Gasteiger charge is 2.51. The van der Waals surface area contributed by atoms with Crippen molar-refractivity contribution in [2.45, 2.75) is 159 Å². The van der Waals surface area contributed by atoms with Crippen LogP contribution in [0.4, 0.5) is 23.7 Å². The number of carbonyl (C=O) groups is 2. The van der Waals surface area contributed by atoms with E-state index in [2.05, 4.69) is 22.9 Å². The number of benzene rings is 4. The Morgan fingerprint density at radius 2 is 1.22 bits per heavy atom. The van der Waals surface area contributed by atoms with Crippen molar-refractivity contribution < 1.29 is 65.4 Å². The summed E-state index contributed by atoms with van der Waals surface area (Å²) in [6.07, 6.45) is -1.08. The summed E-state index contributed by atoms with van der Waals surface area (Å²) in [4.78, 5) is 28.2. The number of hydrogen-bond donors (Lipinski definition) is 4. The van der Waals surface area contributed by atoms with Gasteiger partial charge in [-0.2, -0.15) is 13.2 Å². The Morgan fingerprint density at radius 3 is 1.77 bits per heavy atom. The second-order valence-corrected chi connectivity index (χ2v) is 18.7. The van der Waals surface area contributed by atoms with E-state index in [-0.39, 0.29) is 51.0 Å². The van der Waals surface area contributed by atoms with Gasteiger partial charge in [-0.1, -0.05) is 101 Å². The number of hydrogen-bond acceptors (Lipinski definition) is 12. The molecule has 0 spiro atoms. The van der Waals surface area contributed by atoms with Crippen LogP contribution in [0.15, 0.2) is 97.1 Å². The maximum atomic E-state index is 14.2. The number of rotatable bonds is 28. The summed E-state index contributed by atoms with van der Waals surface area (Å²) in [6.45, 7) is 4.58. The second kappa shape index (κ2) is 29.6. The molecule has 0 saturated carbocycles. The number of unbranched alkanes of at least 4 members (excludes halogenated alkanes) is 7. The minimum Gasteiger partial charge on any atom is -0.497 e. The van der Waals surface area contributed by atoms with Crippen LogP contribution in [-0.2, 0) is 59.2 Å². The fourth-order valence-corrected chi connectivity index (χ4v) is 9.09. The maximum absolute atomic E-state index is 14.2. The number of amides is 3. The van der Waals surface area contributed by atoms with E-state index in [0.29, 0.717) is 30.1 Å². The summed E-state index contributed by atoms with van der Waals surface area (Å²) >= 11 is 0. The first-order valence-corrected chi connectivity index (χ1v) is 25.7. The Morgan fingerprint density at radius 1 is 0.662 bits per heavy atom. The largest absolute Gasteiger partial charge is 0.497 e. The molecule has 406 valence electrons. The van der Waals surface area contributed by atoms with E-state index in [4.69, 9.17) is 48.4 Å². The lowest BCUT2D eigenvalue weighted by molar-refractivity contribution is -0.302. The minimum atomic E-state index is -4.66. The Bertz CT molecular complexity index is 2280. The van der Waals surface area contributed by atoms with E-state index in [9.17, 15) is 22.8 Å². The highest BCUT2D eigenvalue weighted by atomic mass is 19.4. The molecule has 5 N–H and O–H groups in total. The number of methoxy groups -OCH3 is 3. The van der Waals surface area contributed by atoms with Gasteiger partial charge in [0, 0.05) is 12.1 Å². The SMILES string of the molecule is CCCCCCCCCCC(=O)N[C@H]1C(COCc2ccc(OC)cc2)OCC(N)[C@H]1O[C@@H]1OC(CC)[C@H](OCc2ccc(OC)cc2)[C@H](OCc2ccc(OC)cc2)C1NC(=O)Nc1cccc(C(F)(F)F)c1. The highest BCUT2D eigenvalue weighted by molar-refractivity contribution is 5.89. The lowest BCUT2D eigenvalue weighted by Crippen LogP contribution is -2.70. The fraction of sp³-hybridized carbons (Fsp3) is 0.536. The van der Waals surface area contributed by atoms with Crippen LogP contribution < -0.4 is 35.9 Å². The van der Waals surface area contributed by atoms with Gasteiger partial charge in [0.05, 0.1) is 78.1 Å². The van der Waals surface area contributed by atoms with Crippen LogP contribution in [0.25, 0.3) is 0 Å². The van der Waals surface area contributed by atoms with Crippen molar-refractivity contribution in [1.29, 1.82) is 0 Å². The van der Waals surface area contributed by atoms with Crippen molar-refractivity contribution in [2.24, 2.45) is 5.73 Å². The van der Waals surface area contributed by atoms with Crippen LogP contribution in [0.2, 0.25) is 0 Å². The molecule has 18 heteroatoms. The summed E-state index contributed by atoms with van der Waals surface area (Å²) in [5, 5.41) is 8.70. The summed E-state index contributed by atoms with van der Waals surface area (Å²) in [7, 11) is 4.74. The second-order valence-electron chi connectivity index (χ2n) is 18.7. The molecule has 0 radical (unpaired) electrons. The molecule has 2 aliphatic heterocycles. The lowest BCUT2D eigenvalue weighted by atomic mass is 9.92. The molecule has 4 unspecified atom stereocenters. The molecule has 9 atom stereocenters. The van der Waals surface area contributed by atoms with Gasteiger partial charge in [0.2, 0.25) is 5.91 Å². The lowest BCUT2D eigenvalue weighted by Gasteiger charge is -2.49. The molecule has 4 aromatic carbocycles. The molecular weight excluding hydrogens is 962 g/mol. The molecule has 74 heavy (non-hydrogen) atoms. The van der Waals surface area contributed by atoms with Gasteiger partial charge in [-0.15, -0.1) is 0 Å². The summed E-state index contributed by atoms with van der Waals surface area (Å²) in [6, 6.07) is 22.7. The fourth-order valence-electron chi connectivity index (χ4n) is 9.09. The minimum absolute atomic E-state index is 0.0225. The number of ether oxygens (including phenoxy) is 9. The van der Waals surface area contributed by atoms with Gasteiger partial charge in [-0.25, -0.2) is 4.79 Å². The third-order valence-corrected chi connectivity index (χ3v) is 13.3. The molecule has 2 saturated heterocycles. The van der Waals surface area contributed by atoms with Crippen LogP contribution in [0.1, 0.15) is 100 Å². The monoisotopic (exact) mass is 1040 g/mol. The Kier molecular flexibility index (Phi) is 23.1. The zero-order valence-corrected chi connectivity index (χ0v) is 43.2. The van der Waals surface area contributed by atoms with Crippen molar-refractivity contribution >= 4 is 17.6 Å². The van der Waals surface area contributed by atoms with Gasteiger partial charge < -0.3 is 64.3 Å². The van der Waals surface area contributed by atoms with E-state index in [1.807, 2.05) is 67.6 Å². The number of halogens is 3. The summed E-state index contributed by atoms with van der Waals surface area (Å²) in [5.41, 5.74) is 8.34. The van der Waals surface area contributed by atoms with E-state index >= 15 is 0 Å². The van der Waals surface area contributed by atoms with Gasteiger partial charge in [0.1, 0.15) is 47.7 Å². The summed E-state index contributed by atoms with van der Waals surface area (Å²) in [5.74, 6) is 1.80. The topological polar surface area (TPSA) is 179 Å². The highest BCUT2D eigenvalue weighted by Crippen LogP contribution is 2.34. The predicted molar refractivity (Wildman–Crippen MR) is 274 cm³/mol. The van der Waals surface area contributed by atoms with E-state index in [1.165, 1.54) is 37.8 Å². The molecular formula is C56H75F3N4O11. The van der Waals surface area contributed by atoms with Crippen molar-refractivity contribution in [3.05, 3.63) is 119 Å². The molecule has 4 aromatic rings. The number of anilines is 1. The number of carbonyl (C=O) groups excluding carboxylic acids is 2. The van der Waals surface area contributed by atoms with Crippen LogP contribution in [0.5, 0.6) is 17.2 Å².